The lowest BCUT2D eigenvalue weighted by atomic mass is 9.93. The van der Waals surface area contributed by atoms with Gasteiger partial charge in [-0.3, -0.25) is 0 Å². The van der Waals surface area contributed by atoms with E-state index in [9.17, 15) is 0 Å². The number of halogens is 1. The van der Waals surface area contributed by atoms with Crippen LogP contribution in [0.15, 0.2) is 27.8 Å². The summed E-state index contributed by atoms with van der Waals surface area (Å²) >= 11 is 3.62. The van der Waals surface area contributed by atoms with E-state index >= 15 is 0 Å². The van der Waals surface area contributed by atoms with Gasteiger partial charge in [0.25, 0.3) is 0 Å². The van der Waals surface area contributed by atoms with Gasteiger partial charge in [-0.2, -0.15) is 0 Å². The summed E-state index contributed by atoms with van der Waals surface area (Å²) in [5.74, 6) is 0.137. The molecular weight excluding hydrogens is 318 g/mol. The molecule has 1 aliphatic carbocycles. The van der Waals surface area contributed by atoms with Crippen molar-refractivity contribution in [2.75, 3.05) is 11.4 Å². The van der Waals surface area contributed by atoms with E-state index in [1.807, 2.05) is 12.1 Å². The maximum atomic E-state index is 8.74. The summed E-state index contributed by atoms with van der Waals surface area (Å²) in [4.78, 5) is 2.46. The van der Waals surface area contributed by atoms with E-state index in [1.54, 1.807) is 0 Å². The maximum Gasteiger partial charge on any atom is 0.170 e. The van der Waals surface area contributed by atoms with Crippen LogP contribution in [0.3, 0.4) is 0 Å². The van der Waals surface area contributed by atoms with E-state index in [-0.39, 0.29) is 5.84 Å². The summed E-state index contributed by atoms with van der Waals surface area (Å²) in [6, 6.07) is 6.49. The topological polar surface area (TPSA) is 61.8 Å². The quantitative estimate of drug-likeness (QED) is 0.380. The number of amidine groups is 1. The van der Waals surface area contributed by atoms with Crippen LogP contribution in [0.4, 0.5) is 5.69 Å². The Bertz CT molecular complexity index is 484. The van der Waals surface area contributed by atoms with Gasteiger partial charge in [0.15, 0.2) is 5.84 Å². The Balaban J connectivity index is 2.25. The van der Waals surface area contributed by atoms with Gasteiger partial charge in [0.1, 0.15) is 0 Å². The fraction of sp³-hybridized carbons (Fsp3) is 0.533. The van der Waals surface area contributed by atoms with Gasteiger partial charge >= 0.3 is 0 Å². The van der Waals surface area contributed by atoms with Crippen molar-refractivity contribution in [1.29, 1.82) is 0 Å². The van der Waals surface area contributed by atoms with Crippen LogP contribution in [0.1, 0.15) is 44.6 Å². The van der Waals surface area contributed by atoms with Crippen molar-refractivity contribution in [3.63, 3.8) is 0 Å². The molecule has 0 saturated heterocycles. The molecule has 0 atom stereocenters. The van der Waals surface area contributed by atoms with Crippen LogP contribution in [-0.2, 0) is 0 Å². The zero-order chi connectivity index (χ0) is 14.5. The first-order valence-electron chi connectivity index (χ1n) is 7.21. The molecule has 0 aromatic heterocycles. The molecule has 0 radical (unpaired) electrons. The summed E-state index contributed by atoms with van der Waals surface area (Å²) in [6.07, 6.45) is 6.53. The third-order valence-electron chi connectivity index (χ3n) is 4.02. The van der Waals surface area contributed by atoms with Crippen molar-refractivity contribution in [2.45, 2.75) is 45.1 Å². The standard InChI is InChI=1S/C15H22BrN3O/c1-2-19(12-6-4-3-5-7-12)14-9-8-11(10-13(14)16)15(17)18-20/h8-10,12,20H,2-7H2,1H3,(H2,17,18). The van der Waals surface area contributed by atoms with Crippen LogP contribution in [0, 0.1) is 0 Å². The summed E-state index contributed by atoms with van der Waals surface area (Å²) < 4.78 is 0.994. The number of nitrogens with zero attached hydrogens (tertiary/aromatic N) is 2. The van der Waals surface area contributed by atoms with Gasteiger partial charge in [-0.25, -0.2) is 0 Å². The number of nitrogens with two attached hydrogens (primary N) is 1. The van der Waals surface area contributed by atoms with Crippen LogP contribution in [-0.4, -0.2) is 23.6 Å². The van der Waals surface area contributed by atoms with E-state index in [0.717, 1.165) is 16.6 Å². The minimum absolute atomic E-state index is 0.137. The molecule has 0 spiro atoms. The molecule has 110 valence electrons. The van der Waals surface area contributed by atoms with Crippen LogP contribution in [0.5, 0.6) is 0 Å². The highest BCUT2D eigenvalue weighted by Crippen LogP contribution is 2.32. The van der Waals surface area contributed by atoms with Crippen LogP contribution in [0.2, 0.25) is 0 Å². The highest BCUT2D eigenvalue weighted by molar-refractivity contribution is 9.10. The van der Waals surface area contributed by atoms with Crippen molar-refractivity contribution in [2.24, 2.45) is 10.9 Å². The zero-order valence-corrected chi connectivity index (χ0v) is 13.4. The van der Waals surface area contributed by atoms with Crippen molar-refractivity contribution in [1.82, 2.24) is 0 Å². The normalized spacial score (nSPS) is 17.2. The average molecular weight is 340 g/mol. The number of hydrogen-bond donors (Lipinski definition) is 2. The Morgan fingerprint density at radius 1 is 1.40 bits per heavy atom. The molecule has 2 rings (SSSR count). The molecule has 4 nitrogen and oxygen atoms in total. The van der Waals surface area contributed by atoms with Gasteiger partial charge in [0, 0.05) is 22.6 Å². The molecule has 0 heterocycles. The molecule has 1 saturated carbocycles. The van der Waals surface area contributed by atoms with Crippen LogP contribution < -0.4 is 10.6 Å². The molecule has 0 aliphatic heterocycles. The van der Waals surface area contributed by atoms with Gasteiger partial charge in [-0.1, -0.05) is 24.4 Å². The lowest BCUT2D eigenvalue weighted by molar-refractivity contribution is 0.318. The van der Waals surface area contributed by atoms with Gasteiger partial charge < -0.3 is 15.8 Å². The van der Waals surface area contributed by atoms with Crippen molar-refractivity contribution < 1.29 is 5.21 Å². The van der Waals surface area contributed by atoms with Gasteiger partial charge in [0.05, 0.1) is 5.69 Å². The van der Waals surface area contributed by atoms with Crippen molar-refractivity contribution >= 4 is 27.5 Å². The van der Waals surface area contributed by atoms with Gasteiger partial charge in [-0.05, 0) is 53.9 Å². The SMILES string of the molecule is CCN(c1ccc(/C(N)=N/O)cc1Br)C1CCCCC1. The number of rotatable bonds is 4. The Labute approximate surface area is 128 Å². The van der Waals surface area contributed by atoms with E-state index < -0.39 is 0 Å². The summed E-state index contributed by atoms with van der Waals surface area (Å²) in [5.41, 5.74) is 7.54. The molecule has 20 heavy (non-hydrogen) atoms. The molecule has 0 amide bonds. The van der Waals surface area contributed by atoms with Gasteiger partial charge in [0.2, 0.25) is 0 Å². The van der Waals surface area contributed by atoms with Crippen LogP contribution in [0.25, 0.3) is 0 Å². The minimum atomic E-state index is 0.137. The number of hydrogen-bond acceptors (Lipinski definition) is 3. The Kier molecular flexibility index (Phi) is 5.29. The Hall–Kier alpha value is -1.23. The van der Waals surface area contributed by atoms with Crippen molar-refractivity contribution in [3.8, 4) is 0 Å². The predicted molar refractivity (Wildman–Crippen MR) is 86.5 cm³/mol. The molecule has 1 aromatic carbocycles. The van der Waals surface area contributed by atoms with E-state index in [4.69, 9.17) is 10.9 Å². The lowest BCUT2D eigenvalue weighted by Gasteiger charge is -2.36. The number of oxime groups is 1. The molecule has 1 aliphatic rings. The third-order valence-corrected chi connectivity index (χ3v) is 4.65. The van der Waals surface area contributed by atoms with Gasteiger partial charge in [-0.15, -0.1) is 0 Å². The molecule has 1 fully saturated rings. The Morgan fingerprint density at radius 3 is 2.65 bits per heavy atom. The summed E-state index contributed by atoms with van der Waals surface area (Å²) in [5, 5.41) is 11.8. The molecule has 1 aromatic rings. The molecular formula is C15H22BrN3O. The molecule has 5 heteroatoms. The Morgan fingerprint density at radius 2 is 2.10 bits per heavy atom. The maximum absolute atomic E-state index is 8.74. The van der Waals surface area contributed by atoms with E-state index in [1.165, 1.54) is 37.8 Å². The fourth-order valence-corrected chi connectivity index (χ4v) is 3.58. The second-order valence-corrected chi connectivity index (χ2v) is 6.08. The first kappa shape index (κ1) is 15.2. The van der Waals surface area contributed by atoms with E-state index in [2.05, 4.69) is 39.0 Å². The first-order chi connectivity index (χ1) is 9.67. The smallest absolute Gasteiger partial charge is 0.170 e. The van der Waals surface area contributed by atoms with Crippen molar-refractivity contribution in [3.05, 3.63) is 28.2 Å². The van der Waals surface area contributed by atoms with E-state index in [0.29, 0.717) is 6.04 Å². The second-order valence-electron chi connectivity index (χ2n) is 5.23. The highest BCUT2D eigenvalue weighted by Gasteiger charge is 2.21. The number of anilines is 1. The summed E-state index contributed by atoms with van der Waals surface area (Å²) in [6.45, 7) is 3.19. The zero-order valence-electron chi connectivity index (χ0n) is 11.8. The molecule has 3 N–H and O–H groups in total. The fourth-order valence-electron chi connectivity index (χ4n) is 2.97. The average Bonchev–Trinajstić information content (AvgIpc) is 2.49. The first-order valence-corrected chi connectivity index (χ1v) is 8.00. The largest absolute Gasteiger partial charge is 0.409 e. The molecule has 0 unspecified atom stereocenters. The lowest BCUT2D eigenvalue weighted by Crippen LogP contribution is -2.37. The monoisotopic (exact) mass is 339 g/mol. The minimum Gasteiger partial charge on any atom is -0.409 e. The summed E-state index contributed by atoms with van der Waals surface area (Å²) in [7, 11) is 0. The predicted octanol–water partition coefficient (Wildman–Crippen LogP) is 3.70. The third kappa shape index (κ3) is 3.26. The highest BCUT2D eigenvalue weighted by atomic mass is 79.9. The second kappa shape index (κ2) is 6.97. The molecule has 0 bridgehead atoms. The number of benzene rings is 1. The van der Waals surface area contributed by atoms with Crippen LogP contribution >= 0.6 is 15.9 Å².